The summed E-state index contributed by atoms with van der Waals surface area (Å²) in [5, 5.41) is 0. The lowest BCUT2D eigenvalue weighted by atomic mass is 10.0. The van der Waals surface area contributed by atoms with Gasteiger partial charge in [-0.05, 0) is 6.07 Å². The molecular formula is C13H10N4. The molecule has 0 aliphatic rings. The highest BCUT2D eigenvalue weighted by Gasteiger charge is 2.07. The summed E-state index contributed by atoms with van der Waals surface area (Å²) < 4.78 is 0. The molecule has 17 heavy (non-hydrogen) atoms. The normalized spacial score (nSPS) is 10.4. The Kier molecular flexibility index (Phi) is 2.38. The second-order valence-corrected chi connectivity index (χ2v) is 3.61. The van der Waals surface area contributed by atoms with Gasteiger partial charge in [0.25, 0.3) is 0 Å². The molecule has 0 saturated heterocycles. The van der Waals surface area contributed by atoms with Crippen LogP contribution in [0.15, 0.2) is 55.4 Å². The predicted molar refractivity (Wildman–Crippen MR) is 65.0 cm³/mol. The number of benzene rings is 1. The number of nitrogens with zero attached hydrogens (tertiary/aromatic N) is 3. The van der Waals surface area contributed by atoms with Crippen LogP contribution in [0.5, 0.6) is 0 Å². The molecule has 2 heterocycles. The van der Waals surface area contributed by atoms with Gasteiger partial charge < -0.3 is 4.98 Å². The van der Waals surface area contributed by atoms with Crippen molar-refractivity contribution < 1.29 is 0 Å². The van der Waals surface area contributed by atoms with Crippen molar-refractivity contribution in [3.8, 4) is 22.5 Å². The van der Waals surface area contributed by atoms with Gasteiger partial charge in [-0.2, -0.15) is 0 Å². The molecule has 0 spiro atoms. The molecule has 0 aliphatic heterocycles. The molecule has 0 saturated carbocycles. The summed E-state index contributed by atoms with van der Waals surface area (Å²) in [5.41, 5.74) is 4.05. The average molecular weight is 222 g/mol. The van der Waals surface area contributed by atoms with E-state index < -0.39 is 0 Å². The zero-order valence-electron chi connectivity index (χ0n) is 9.04. The van der Waals surface area contributed by atoms with Crippen LogP contribution in [0.25, 0.3) is 22.5 Å². The van der Waals surface area contributed by atoms with Crippen molar-refractivity contribution >= 4 is 0 Å². The van der Waals surface area contributed by atoms with E-state index in [4.69, 9.17) is 0 Å². The van der Waals surface area contributed by atoms with Crippen LogP contribution in [0.3, 0.4) is 0 Å². The minimum absolute atomic E-state index is 0.908. The molecule has 1 aromatic carbocycles. The largest absolute Gasteiger partial charge is 0.345 e. The van der Waals surface area contributed by atoms with Crippen LogP contribution in [0, 0.1) is 0 Å². The Hall–Kier alpha value is -2.49. The Balaban J connectivity index is 2.18. The van der Waals surface area contributed by atoms with Gasteiger partial charge in [-0.15, -0.1) is 0 Å². The summed E-state index contributed by atoms with van der Waals surface area (Å²) in [6.07, 6.45) is 6.78. The second-order valence-electron chi connectivity index (χ2n) is 3.61. The topological polar surface area (TPSA) is 54.5 Å². The van der Waals surface area contributed by atoms with Gasteiger partial charge in [-0.3, -0.25) is 0 Å². The van der Waals surface area contributed by atoms with Crippen molar-refractivity contribution in [3.63, 3.8) is 0 Å². The summed E-state index contributed by atoms with van der Waals surface area (Å²) in [7, 11) is 0. The summed E-state index contributed by atoms with van der Waals surface area (Å²) in [5.74, 6) is 0. The van der Waals surface area contributed by atoms with Crippen molar-refractivity contribution in [2.45, 2.75) is 0 Å². The van der Waals surface area contributed by atoms with E-state index in [0.29, 0.717) is 0 Å². The van der Waals surface area contributed by atoms with Gasteiger partial charge in [-0.25, -0.2) is 15.0 Å². The highest BCUT2D eigenvalue weighted by molar-refractivity contribution is 5.79. The zero-order chi connectivity index (χ0) is 11.5. The molecule has 0 radical (unpaired) electrons. The van der Waals surface area contributed by atoms with Gasteiger partial charge in [0.15, 0.2) is 0 Å². The molecule has 4 heteroatoms. The lowest BCUT2D eigenvalue weighted by Crippen LogP contribution is -1.88. The third-order valence-corrected chi connectivity index (χ3v) is 2.57. The Morgan fingerprint density at radius 2 is 1.82 bits per heavy atom. The second kappa shape index (κ2) is 4.17. The van der Waals surface area contributed by atoms with Crippen molar-refractivity contribution in [1.82, 2.24) is 19.9 Å². The lowest BCUT2D eigenvalue weighted by molar-refractivity contribution is 1.17. The summed E-state index contributed by atoms with van der Waals surface area (Å²) >= 11 is 0. The first kappa shape index (κ1) is 9.72. The quantitative estimate of drug-likeness (QED) is 0.724. The average Bonchev–Trinajstić information content (AvgIpc) is 2.94. The monoisotopic (exact) mass is 222 g/mol. The predicted octanol–water partition coefficient (Wildman–Crippen LogP) is 2.53. The fourth-order valence-corrected chi connectivity index (χ4v) is 1.79. The molecule has 0 aliphatic carbocycles. The van der Waals surface area contributed by atoms with Crippen molar-refractivity contribution in [2.75, 3.05) is 0 Å². The number of aromatic amines is 1. The molecule has 0 amide bonds. The molecule has 0 unspecified atom stereocenters. The first-order valence-corrected chi connectivity index (χ1v) is 5.29. The van der Waals surface area contributed by atoms with Gasteiger partial charge in [0.1, 0.15) is 6.33 Å². The van der Waals surface area contributed by atoms with Gasteiger partial charge in [-0.1, -0.05) is 24.3 Å². The Morgan fingerprint density at radius 3 is 2.53 bits per heavy atom. The number of hydrogen-bond donors (Lipinski definition) is 1. The van der Waals surface area contributed by atoms with Crippen LogP contribution >= 0.6 is 0 Å². The maximum absolute atomic E-state index is 4.27. The van der Waals surface area contributed by atoms with E-state index in [9.17, 15) is 0 Å². The highest BCUT2D eigenvalue weighted by Crippen LogP contribution is 2.28. The van der Waals surface area contributed by atoms with Gasteiger partial charge in [0.05, 0.1) is 23.9 Å². The fourth-order valence-electron chi connectivity index (χ4n) is 1.79. The van der Waals surface area contributed by atoms with Crippen LogP contribution in [-0.4, -0.2) is 19.9 Å². The van der Waals surface area contributed by atoms with Crippen LogP contribution in [-0.2, 0) is 0 Å². The number of H-pyrrole nitrogens is 1. The van der Waals surface area contributed by atoms with Gasteiger partial charge in [0, 0.05) is 17.3 Å². The van der Waals surface area contributed by atoms with E-state index in [-0.39, 0.29) is 0 Å². The molecule has 0 bridgehead atoms. The summed E-state index contributed by atoms with van der Waals surface area (Å²) in [6.45, 7) is 0. The molecule has 1 N–H and O–H groups in total. The van der Waals surface area contributed by atoms with E-state index in [2.05, 4.69) is 19.9 Å². The van der Waals surface area contributed by atoms with Crippen LogP contribution in [0.1, 0.15) is 0 Å². The number of imidazole rings is 1. The highest BCUT2D eigenvalue weighted by atomic mass is 14.9. The molecular weight excluding hydrogens is 212 g/mol. The van der Waals surface area contributed by atoms with Gasteiger partial charge >= 0.3 is 0 Å². The number of rotatable bonds is 2. The standard InChI is InChI=1S/C13H10N4/c1-2-4-11(13-7-15-9-17-13)10(3-1)12-5-6-14-8-16-12/h1-9H,(H,15,17). The first-order chi connectivity index (χ1) is 8.45. The number of nitrogens with one attached hydrogen (secondary N) is 1. The van der Waals surface area contributed by atoms with E-state index in [1.54, 1.807) is 25.0 Å². The van der Waals surface area contributed by atoms with Crippen LogP contribution in [0.4, 0.5) is 0 Å². The SMILES string of the molecule is c1ccc(-c2cnc[nH]2)c(-c2ccncn2)c1. The van der Waals surface area contributed by atoms with E-state index in [0.717, 1.165) is 22.5 Å². The smallest absolute Gasteiger partial charge is 0.116 e. The Labute approximate surface area is 98.4 Å². The van der Waals surface area contributed by atoms with E-state index in [1.807, 2.05) is 30.3 Å². The Morgan fingerprint density at radius 1 is 0.941 bits per heavy atom. The van der Waals surface area contributed by atoms with Gasteiger partial charge in [0.2, 0.25) is 0 Å². The summed E-state index contributed by atoms with van der Waals surface area (Å²) in [4.78, 5) is 15.4. The van der Waals surface area contributed by atoms with Crippen molar-refractivity contribution in [1.29, 1.82) is 0 Å². The van der Waals surface area contributed by atoms with E-state index in [1.165, 1.54) is 0 Å². The third kappa shape index (κ3) is 1.80. The van der Waals surface area contributed by atoms with E-state index >= 15 is 0 Å². The number of hydrogen-bond acceptors (Lipinski definition) is 3. The maximum atomic E-state index is 4.27. The maximum Gasteiger partial charge on any atom is 0.116 e. The molecule has 3 rings (SSSR count). The number of aromatic nitrogens is 4. The van der Waals surface area contributed by atoms with Crippen LogP contribution in [0.2, 0.25) is 0 Å². The van der Waals surface area contributed by atoms with Crippen molar-refractivity contribution in [2.24, 2.45) is 0 Å². The molecule has 82 valence electrons. The molecule has 0 fully saturated rings. The molecule has 3 aromatic rings. The molecule has 4 nitrogen and oxygen atoms in total. The third-order valence-electron chi connectivity index (χ3n) is 2.57. The fraction of sp³-hybridized carbons (Fsp3) is 0. The first-order valence-electron chi connectivity index (χ1n) is 5.29. The minimum Gasteiger partial charge on any atom is -0.345 e. The minimum atomic E-state index is 0.908. The molecule has 0 atom stereocenters. The Bertz CT molecular complexity index is 602. The zero-order valence-corrected chi connectivity index (χ0v) is 9.04. The molecule has 2 aromatic heterocycles. The van der Waals surface area contributed by atoms with Crippen molar-refractivity contribution in [3.05, 3.63) is 55.4 Å². The van der Waals surface area contributed by atoms with Crippen LogP contribution < -0.4 is 0 Å². The lowest BCUT2D eigenvalue weighted by Gasteiger charge is -2.06. The summed E-state index contributed by atoms with van der Waals surface area (Å²) in [6, 6.07) is 9.98.